The van der Waals surface area contributed by atoms with Crippen LogP contribution in [0.25, 0.3) is 0 Å². The summed E-state index contributed by atoms with van der Waals surface area (Å²) in [4.78, 5) is 12.2. The molecule has 0 aliphatic carbocycles. The molecule has 0 fully saturated rings. The number of thioether (sulfide) groups is 1. The molecule has 3 rings (SSSR count). The molecule has 1 unspecified atom stereocenters. The van der Waals surface area contributed by atoms with Crippen molar-refractivity contribution in [2.45, 2.75) is 24.7 Å². The van der Waals surface area contributed by atoms with Crippen LogP contribution in [0.2, 0.25) is 10.0 Å². The van der Waals surface area contributed by atoms with Crippen molar-refractivity contribution >= 4 is 46.6 Å². The number of nitrogens with one attached hydrogen (secondary N) is 1. The fraction of sp³-hybridized carbons (Fsp3) is 0.190. The second-order valence-corrected chi connectivity index (χ2v) is 8.06. The van der Waals surface area contributed by atoms with Crippen molar-refractivity contribution in [2.75, 3.05) is 11.1 Å². The van der Waals surface area contributed by atoms with Crippen molar-refractivity contribution in [1.82, 2.24) is 14.8 Å². The van der Waals surface area contributed by atoms with Gasteiger partial charge in [-0.3, -0.25) is 9.36 Å². The number of benzene rings is 2. The van der Waals surface area contributed by atoms with E-state index in [1.165, 1.54) is 11.8 Å². The maximum absolute atomic E-state index is 12.2. The average Bonchev–Trinajstić information content (AvgIpc) is 3.13. The molecule has 0 saturated carbocycles. The fourth-order valence-electron chi connectivity index (χ4n) is 2.67. The van der Waals surface area contributed by atoms with Crippen LogP contribution in [0.15, 0.2) is 66.3 Å². The molecule has 1 aromatic heterocycles. The van der Waals surface area contributed by atoms with E-state index in [2.05, 4.69) is 22.1 Å². The van der Waals surface area contributed by atoms with E-state index in [9.17, 15) is 4.79 Å². The zero-order chi connectivity index (χ0) is 21.5. The van der Waals surface area contributed by atoms with E-state index in [4.69, 9.17) is 27.9 Å². The Morgan fingerprint density at radius 3 is 2.77 bits per heavy atom. The number of amides is 1. The van der Waals surface area contributed by atoms with Crippen molar-refractivity contribution in [1.29, 1.82) is 0 Å². The lowest BCUT2D eigenvalue weighted by Gasteiger charge is -2.16. The average molecular weight is 463 g/mol. The van der Waals surface area contributed by atoms with Crippen LogP contribution in [0.3, 0.4) is 0 Å². The Labute approximate surface area is 189 Å². The van der Waals surface area contributed by atoms with Crippen LogP contribution in [0.1, 0.15) is 18.9 Å². The number of para-hydroxylation sites is 1. The molecule has 1 heterocycles. The van der Waals surface area contributed by atoms with Crippen molar-refractivity contribution in [3.05, 3.63) is 77.1 Å². The molecule has 1 amide bonds. The normalized spacial score (nSPS) is 11.7. The standard InChI is InChI=1S/C21H20Cl2N4O2S/c1-3-11-27-20(14(2)29-18-12-15(22)9-10-17(18)23)25-26-21(27)30-13-19(28)24-16-7-5-4-6-8-16/h3-10,12,14H,1,11,13H2,2H3,(H,24,28). The Balaban J connectivity index is 1.70. The second kappa shape index (κ2) is 10.5. The molecule has 30 heavy (non-hydrogen) atoms. The van der Waals surface area contributed by atoms with E-state index in [0.29, 0.717) is 33.3 Å². The number of nitrogens with zero attached hydrogens (tertiary/aromatic N) is 3. The van der Waals surface area contributed by atoms with Crippen LogP contribution in [0.5, 0.6) is 5.75 Å². The summed E-state index contributed by atoms with van der Waals surface area (Å²) in [5.74, 6) is 1.12. The monoisotopic (exact) mass is 462 g/mol. The third-order valence-electron chi connectivity index (χ3n) is 4.01. The molecule has 0 spiro atoms. The summed E-state index contributed by atoms with van der Waals surface area (Å²) in [6.07, 6.45) is 1.29. The minimum absolute atomic E-state index is 0.129. The van der Waals surface area contributed by atoms with Crippen LogP contribution in [0, 0.1) is 0 Å². The lowest BCUT2D eigenvalue weighted by atomic mass is 10.3. The highest BCUT2D eigenvalue weighted by Gasteiger charge is 2.20. The summed E-state index contributed by atoms with van der Waals surface area (Å²) in [7, 11) is 0. The molecular weight excluding hydrogens is 443 g/mol. The Hall–Kier alpha value is -2.48. The largest absolute Gasteiger partial charge is 0.481 e. The van der Waals surface area contributed by atoms with E-state index in [1.54, 1.807) is 24.3 Å². The quantitative estimate of drug-likeness (QED) is 0.329. The number of rotatable bonds is 9. The lowest BCUT2D eigenvalue weighted by molar-refractivity contribution is -0.113. The molecule has 156 valence electrons. The second-order valence-electron chi connectivity index (χ2n) is 6.28. The van der Waals surface area contributed by atoms with Crippen LogP contribution < -0.4 is 10.1 Å². The topological polar surface area (TPSA) is 69.0 Å². The van der Waals surface area contributed by atoms with Gasteiger partial charge in [0.2, 0.25) is 5.91 Å². The van der Waals surface area contributed by atoms with Gasteiger partial charge in [-0.15, -0.1) is 16.8 Å². The highest BCUT2D eigenvalue weighted by atomic mass is 35.5. The molecule has 0 radical (unpaired) electrons. The van der Waals surface area contributed by atoms with Crippen LogP contribution >= 0.6 is 35.0 Å². The smallest absolute Gasteiger partial charge is 0.234 e. The SMILES string of the molecule is C=CCn1c(SCC(=O)Nc2ccccc2)nnc1C(C)Oc1cc(Cl)ccc1Cl. The van der Waals surface area contributed by atoms with Gasteiger partial charge in [-0.1, -0.05) is 59.2 Å². The van der Waals surface area contributed by atoms with Gasteiger partial charge in [-0.05, 0) is 31.2 Å². The van der Waals surface area contributed by atoms with Crippen LogP contribution in [-0.4, -0.2) is 26.4 Å². The molecule has 2 aromatic carbocycles. The lowest BCUT2D eigenvalue weighted by Crippen LogP contribution is -2.15. The summed E-state index contributed by atoms with van der Waals surface area (Å²) in [6.45, 7) is 6.11. The minimum atomic E-state index is -0.444. The Bertz CT molecular complexity index is 1030. The first-order chi connectivity index (χ1) is 14.5. The molecule has 0 saturated heterocycles. The number of anilines is 1. The zero-order valence-corrected chi connectivity index (χ0v) is 18.5. The first kappa shape index (κ1) is 22.2. The maximum atomic E-state index is 12.2. The number of carbonyl (C=O) groups is 1. The number of carbonyl (C=O) groups excluding carboxylic acids is 1. The highest BCUT2D eigenvalue weighted by Crippen LogP contribution is 2.32. The van der Waals surface area contributed by atoms with E-state index in [1.807, 2.05) is 41.8 Å². The summed E-state index contributed by atoms with van der Waals surface area (Å²) in [5, 5.41) is 12.9. The number of ether oxygens (including phenoxy) is 1. The Morgan fingerprint density at radius 2 is 2.03 bits per heavy atom. The maximum Gasteiger partial charge on any atom is 0.234 e. The van der Waals surface area contributed by atoms with E-state index in [0.717, 1.165) is 5.69 Å². The van der Waals surface area contributed by atoms with Crippen molar-refractivity contribution in [3.8, 4) is 5.75 Å². The molecule has 1 N–H and O–H groups in total. The summed E-state index contributed by atoms with van der Waals surface area (Å²) >= 11 is 13.5. The third kappa shape index (κ3) is 5.78. The third-order valence-corrected chi connectivity index (χ3v) is 5.52. The van der Waals surface area contributed by atoms with E-state index < -0.39 is 6.10 Å². The van der Waals surface area contributed by atoms with Gasteiger partial charge in [-0.2, -0.15) is 0 Å². The molecule has 0 aliphatic heterocycles. The zero-order valence-electron chi connectivity index (χ0n) is 16.2. The fourth-order valence-corrected chi connectivity index (χ4v) is 3.75. The number of halogens is 2. The summed E-state index contributed by atoms with van der Waals surface area (Å²) < 4.78 is 7.81. The number of aromatic nitrogens is 3. The van der Waals surface area contributed by atoms with Gasteiger partial charge in [0.1, 0.15) is 5.75 Å². The highest BCUT2D eigenvalue weighted by molar-refractivity contribution is 7.99. The predicted molar refractivity (Wildman–Crippen MR) is 122 cm³/mol. The van der Waals surface area contributed by atoms with Gasteiger partial charge in [-0.25, -0.2) is 0 Å². The van der Waals surface area contributed by atoms with E-state index >= 15 is 0 Å². The van der Waals surface area contributed by atoms with Gasteiger partial charge in [0, 0.05) is 23.3 Å². The molecule has 0 bridgehead atoms. The van der Waals surface area contributed by atoms with Crippen molar-refractivity contribution < 1.29 is 9.53 Å². The molecule has 9 heteroatoms. The van der Waals surface area contributed by atoms with Crippen LogP contribution in [-0.2, 0) is 11.3 Å². The molecular formula is C21H20Cl2N4O2S. The molecule has 1 atom stereocenters. The van der Waals surface area contributed by atoms with Gasteiger partial charge >= 0.3 is 0 Å². The number of hydrogen-bond acceptors (Lipinski definition) is 5. The minimum Gasteiger partial charge on any atom is -0.481 e. The van der Waals surface area contributed by atoms with Crippen molar-refractivity contribution in [3.63, 3.8) is 0 Å². The number of allylic oxidation sites excluding steroid dienone is 1. The number of hydrogen-bond donors (Lipinski definition) is 1. The Morgan fingerprint density at radius 1 is 1.27 bits per heavy atom. The molecule has 3 aromatic rings. The van der Waals surface area contributed by atoms with Crippen molar-refractivity contribution in [2.24, 2.45) is 0 Å². The van der Waals surface area contributed by atoms with Gasteiger partial charge in [0.15, 0.2) is 17.1 Å². The van der Waals surface area contributed by atoms with Gasteiger partial charge in [0.05, 0.1) is 10.8 Å². The predicted octanol–water partition coefficient (Wildman–Crippen LogP) is 5.64. The molecule has 6 nitrogen and oxygen atoms in total. The van der Waals surface area contributed by atoms with E-state index in [-0.39, 0.29) is 11.7 Å². The summed E-state index contributed by atoms with van der Waals surface area (Å²) in [6, 6.07) is 14.3. The molecule has 0 aliphatic rings. The van der Waals surface area contributed by atoms with Crippen LogP contribution in [0.4, 0.5) is 5.69 Å². The first-order valence-electron chi connectivity index (χ1n) is 9.11. The first-order valence-corrected chi connectivity index (χ1v) is 10.9. The summed E-state index contributed by atoms with van der Waals surface area (Å²) in [5.41, 5.74) is 0.747. The van der Waals surface area contributed by atoms with Gasteiger partial charge in [0.25, 0.3) is 0 Å². The van der Waals surface area contributed by atoms with Gasteiger partial charge < -0.3 is 10.1 Å². The Kier molecular flexibility index (Phi) is 7.79.